The molecule has 0 amide bonds. The molecule has 2 rings (SSSR count). The van der Waals surface area contributed by atoms with Crippen LogP contribution in [0.2, 0.25) is 5.02 Å². The van der Waals surface area contributed by atoms with Gasteiger partial charge in [0.15, 0.2) is 6.29 Å². The van der Waals surface area contributed by atoms with Gasteiger partial charge in [0.05, 0.1) is 5.56 Å². The van der Waals surface area contributed by atoms with Crippen LogP contribution in [0, 0.1) is 0 Å². The fourth-order valence-electron chi connectivity index (χ4n) is 1.22. The molecule has 0 aliphatic heterocycles. The van der Waals surface area contributed by atoms with Gasteiger partial charge in [-0.15, -0.1) is 0 Å². The first-order chi connectivity index (χ1) is 8.29. The Morgan fingerprint density at radius 2 is 1.94 bits per heavy atom. The molecule has 0 atom stereocenters. The molecule has 1 aromatic heterocycles. The molecule has 17 heavy (non-hydrogen) atoms. The molecule has 0 saturated carbocycles. The van der Waals surface area contributed by atoms with Gasteiger partial charge in [0.25, 0.3) is 0 Å². The third-order valence-electron chi connectivity index (χ3n) is 2.10. The molecule has 86 valence electrons. The largest absolute Gasteiger partial charge is 0.459 e. The van der Waals surface area contributed by atoms with Crippen LogP contribution in [0.25, 0.3) is 0 Å². The van der Waals surface area contributed by atoms with Gasteiger partial charge in [-0.3, -0.25) is 4.79 Å². The number of carbonyl (C=O) groups excluding carboxylic acids is 1. The van der Waals surface area contributed by atoms with Gasteiger partial charge in [-0.05, 0) is 6.07 Å². The van der Waals surface area contributed by atoms with Gasteiger partial charge in [-0.1, -0.05) is 29.8 Å². The molecule has 4 nitrogen and oxygen atoms in total. The van der Waals surface area contributed by atoms with E-state index in [0.717, 1.165) is 5.56 Å². The Morgan fingerprint density at radius 1 is 1.24 bits per heavy atom. The first-order valence-electron chi connectivity index (χ1n) is 4.93. The average molecular weight is 249 g/mol. The molecule has 5 heteroatoms. The second-order valence-corrected chi connectivity index (χ2v) is 3.70. The quantitative estimate of drug-likeness (QED) is 0.780. The Bertz CT molecular complexity index is 514. The highest BCUT2D eigenvalue weighted by Crippen LogP contribution is 2.16. The number of rotatable bonds is 4. The zero-order valence-electron chi connectivity index (χ0n) is 8.84. The number of hydrogen-bond acceptors (Lipinski definition) is 4. The van der Waals surface area contributed by atoms with Crippen molar-refractivity contribution in [3.05, 3.63) is 52.8 Å². The Balaban J connectivity index is 2.02. The van der Waals surface area contributed by atoms with E-state index in [-0.39, 0.29) is 6.01 Å². The number of hydrogen-bond donors (Lipinski definition) is 0. The van der Waals surface area contributed by atoms with Gasteiger partial charge < -0.3 is 4.74 Å². The van der Waals surface area contributed by atoms with Crippen molar-refractivity contribution in [2.45, 2.75) is 6.61 Å². The summed E-state index contributed by atoms with van der Waals surface area (Å²) in [5.41, 5.74) is 1.27. The van der Waals surface area contributed by atoms with E-state index in [0.29, 0.717) is 23.5 Å². The molecule has 0 bridgehead atoms. The zero-order valence-corrected chi connectivity index (χ0v) is 9.59. The van der Waals surface area contributed by atoms with Gasteiger partial charge in [0.1, 0.15) is 6.61 Å². The molecule has 0 unspecified atom stereocenters. The van der Waals surface area contributed by atoms with Crippen molar-refractivity contribution in [3.63, 3.8) is 0 Å². The highest BCUT2D eigenvalue weighted by molar-refractivity contribution is 6.31. The summed E-state index contributed by atoms with van der Waals surface area (Å²) in [5.74, 6) is 0. The monoisotopic (exact) mass is 248 g/mol. The summed E-state index contributed by atoms with van der Waals surface area (Å²) in [6, 6.07) is 7.59. The van der Waals surface area contributed by atoms with Crippen LogP contribution >= 0.6 is 11.6 Å². The van der Waals surface area contributed by atoms with E-state index in [2.05, 4.69) is 9.97 Å². The topological polar surface area (TPSA) is 52.1 Å². The Morgan fingerprint density at radius 3 is 2.59 bits per heavy atom. The minimum absolute atomic E-state index is 0.218. The fraction of sp³-hybridized carbons (Fsp3) is 0.0833. The highest BCUT2D eigenvalue weighted by atomic mass is 35.5. The summed E-state index contributed by atoms with van der Waals surface area (Å²) in [4.78, 5) is 18.2. The molecular formula is C12H9ClN2O2. The normalized spacial score (nSPS) is 9.94. The van der Waals surface area contributed by atoms with Crippen LogP contribution in [0.4, 0.5) is 0 Å². The predicted molar refractivity (Wildman–Crippen MR) is 63.2 cm³/mol. The maximum Gasteiger partial charge on any atom is 0.316 e. The highest BCUT2D eigenvalue weighted by Gasteiger charge is 2.02. The maximum absolute atomic E-state index is 10.4. The van der Waals surface area contributed by atoms with Gasteiger partial charge in [-0.2, -0.15) is 0 Å². The van der Waals surface area contributed by atoms with E-state index in [4.69, 9.17) is 16.3 Å². The second kappa shape index (κ2) is 5.41. The van der Waals surface area contributed by atoms with Gasteiger partial charge in [0, 0.05) is 23.0 Å². The Hall–Kier alpha value is -1.94. The molecule has 0 fully saturated rings. The van der Waals surface area contributed by atoms with Crippen LogP contribution in [-0.2, 0) is 6.61 Å². The van der Waals surface area contributed by atoms with Crippen molar-refractivity contribution in [1.82, 2.24) is 9.97 Å². The second-order valence-electron chi connectivity index (χ2n) is 3.30. The lowest BCUT2D eigenvalue weighted by atomic mass is 10.2. The summed E-state index contributed by atoms with van der Waals surface area (Å²) in [5, 5.41) is 0.636. The van der Waals surface area contributed by atoms with Crippen molar-refractivity contribution in [3.8, 4) is 6.01 Å². The van der Waals surface area contributed by atoms with E-state index < -0.39 is 0 Å². The molecule has 2 aromatic rings. The van der Waals surface area contributed by atoms with Gasteiger partial charge in [-0.25, -0.2) is 9.97 Å². The lowest BCUT2D eigenvalue weighted by molar-refractivity contribution is 0.112. The van der Waals surface area contributed by atoms with Crippen LogP contribution < -0.4 is 4.74 Å². The molecule has 0 aliphatic carbocycles. The first kappa shape index (κ1) is 11.5. The molecule has 0 radical (unpaired) electrons. The van der Waals surface area contributed by atoms with E-state index in [9.17, 15) is 4.79 Å². The van der Waals surface area contributed by atoms with Crippen LogP contribution in [0.5, 0.6) is 6.01 Å². The first-order valence-corrected chi connectivity index (χ1v) is 5.31. The minimum Gasteiger partial charge on any atom is -0.459 e. The third-order valence-corrected chi connectivity index (χ3v) is 2.47. The van der Waals surface area contributed by atoms with Gasteiger partial charge in [0.2, 0.25) is 0 Å². The smallest absolute Gasteiger partial charge is 0.316 e. The van der Waals surface area contributed by atoms with Crippen LogP contribution in [0.1, 0.15) is 15.9 Å². The van der Waals surface area contributed by atoms with Gasteiger partial charge >= 0.3 is 6.01 Å². The number of aldehydes is 1. The standard InChI is InChI=1S/C12H9ClN2O2/c13-11-4-2-1-3-10(11)8-17-12-14-5-9(7-16)6-15-12/h1-7H,8H2. The summed E-state index contributed by atoms with van der Waals surface area (Å²) in [6.07, 6.45) is 3.49. The number of halogens is 1. The van der Waals surface area contributed by atoms with Crippen molar-refractivity contribution < 1.29 is 9.53 Å². The van der Waals surface area contributed by atoms with Crippen LogP contribution in [-0.4, -0.2) is 16.3 Å². The predicted octanol–water partition coefficient (Wildman–Crippen LogP) is 2.52. The van der Waals surface area contributed by atoms with E-state index in [1.807, 2.05) is 18.2 Å². The lowest BCUT2D eigenvalue weighted by Crippen LogP contribution is -2.00. The molecule has 0 spiro atoms. The molecule has 0 aliphatic rings. The van der Waals surface area contributed by atoms with Crippen molar-refractivity contribution in [2.24, 2.45) is 0 Å². The Kier molecular flexibility index (Phi) is 3.67. The summed E-state index contributed by atoms with van der Waals surface area (Å²) in [6.45, 7) is 0.292. The lowest BCUT2D eigenvalue weighted by Gasteiger charge is -2.05. The fourth-order valence-corrected chi connectivity index (χ4v) is 1.41. The molecule has 1 heterocycles. The molecule has 1 aromatic carbocycles. The third kappa shape index (κ3) is 3.01. The average Bonchev–Trinajstić information content (AvgIpc) is 2.38. The van der Waals surface area contributed by atoms with Crippen LogP contribution in [0.3, 0.4) is 0 Å². The van der Waals surface area contributed by atoms with E-state index >= 15 is 0 Å². The number of ether oxygens (including phenoxy) is 1. The SMILES string of the molecule is O=Cc1cnc(OCc2ccccc2Cl)nc1. The van der Waals surface area contributed by atoms with E-state index in [1.54, 1.807) is 6.07 Å². The molecular weight excluding hydrogens is 240 g/mol. The van der Waals surface area contributed by atoms with Crippen molar-refractivity contribution in [2.75, 3.05) is 0 Å². The zero-order chi connectivity index (χ0) is 12.1. The summed E-state index contributed by atoms with van der Waals surface area (Å²) >= 11 is 5.97. The number of carbonyl (C=O) groups is 1. The van der Waals surface area contributed by atoms with Crippen molar-refractivity contribution in [1.29, 1.82) is 0 Å². The summed E-state index contributed by atoms with van der Waals surface area (Å²) in [7, 11) is 0. The molecule has 0 N–H and O–H groups in total. The number of benzene rings is 1. The Labute approximate surface area is 103 Å². The van der Waals surface area contributed by atoms with E-state index in [1.165, 1.54) is 12.4 Å². The molecule has 0 saturated heterocycles. The number of nitrogens with zero attached hydrogens (tertiary/aromatic N) is 2. The summed E-state index contributed by atoms with van der Waals surface area (Å²) < 4.78 is 5.35. The number of aromatic nitrogens is 2. The maximum atomic E-state index is 10.4. The minimum atomic E-state index is 0.218. The van der Waals surface area contributed by atoms with Crippen LogP contribution in [0.15, 0.2) is 36.7 Å². The van der Waals surface area contributed by atoms with Crippen molar-refractivity contribution >= 4 is 17.9 Å².